The molecule has 0 saturated carbocycles. The molecule has 1 heterocycles. The van der Waals surface area contributed by atoms with Crippen LogP contribution in [0.5, 0.6) is 0 Å². The number of hydrogen-bond acceptors (Lipinski definition) is 5. The number of sulfonamides is 1. The van der Waals surface area contributed by atoms with E-state index >= 15 is 0 Å². The van der Waals surface area contributed by atoms with Gasteiger partial charge in [0.15, 0.2) is 0 Å². The Kier molecular flexibility index (Phi) is 4.75. The minimum atomic E-state index is -3.73. The molecule has 0 atom stereocenters. The van der Waals surface area contributed by atoms with Gasteiger partial charge in [-0.25, -0.2) is 8.42 Å². The Balaban J connectivity index is 2.48. The van der Waals surface area contributed by atoms with Gasteiger partial charge in [-0.05, 0) is 12.1 Å². The molecule has 19 heavy (non-hydrogen) atoms. The van der Waals surface area contributed by atoms with Gasteiger partial charge in [0, 0.05) is 25.5 Å². The fourth-order valence-corrected chi connectivity index (χ4v) is 4.43. The standard InChI is InChI=1S/C10H10Cl2N2O3S2/c11-8-5-7(13-18)6-9(12)10(8)19(15,16)14-1-3-17-4-2-14/h5-6H,1-4H2. The zero-order valence-corrected chi connectivity index (χ0v) is 12.8. The second-order valence-corrected chi connectivity index (χ2v) is 6.72. The van der Waals surface area contributed by atoms with Crippen molar-refractivity contribution in [1.29, 1.82) is 0 Å². The van der Waals surface area contributed by atoms with Gasteiger partial charge in [0.1, 0.15) is 4.90 Å². The predicted molar refractivity (Wildman–Crippen MR) is 75.5 cm³/mol. The summed E-state index contributed by atoms with van der Waals surface area (Å²) in [5.41, 5.74) is 0.353. The number of nitrogens with zero attached hydrogens (tertiary/aromatic N) is 2. The van der Waals surface area contributed by atoms with E-state index in [9.17, 15) is 8.42 Å². The molecule has 1 aliphatic rings. The molecular weight excluding hydrogens is 331 g/mol. The van der Waals surface area contributed by atoms with E-state index in [1.54, 1.807) is 0 Å². The molecule has 0 bridgehead atoms. The van der Waals surface area contributed by atoms with Crippen molar-refractivity contribution in [3.63, 3.8) is 0 Å². The van der Waals surface area contributed by atoms with Crippen LogP contribution in [0.1, 0.15) is 0 Å². The van der Waals surface area contributed by atoms with Gasteiger partial charge in [0.05, 0.1) is 28.9 Å². The highest BCUT2D eigenvalue weighted by atomic mass is 35.5. The van der Waals surface area contributed by atoms with Crippen LogP contribution in [-0.4, -0.2) is 39.0 Å². The van der Waals surface area contributed by atoms with Gasteiger partial charge in [0.25, 0.3) is 0 Å². The summed E-state index contributed by atoms with van der Waals surface area (Å²) in [7, 11) is -3.73. The third-order valence-electron chi connectivity index (χ3n) is 2.66. The SMILES string of the molecule is O=S(=O)(c1c(Cl)cc(N=S)cc1Cl)N1CCOCC1. The largest absolute Gasteiger partial charge is 0.379 e. The van der Waals surface area contributed by atoms with Gasteiger partial charge < -0.3 is 4.74 Å². The minimum absolute atomic E-state index is 0.0163. The van der Waals surface area contributed by atoms with Crippen molar-refractivity contribution in [2.45, 2.75) is 4.90 Å². The Morgan fingerprint density at radius 1 is 1.21 bits per heavy atom. The zero-order chi connectivity index (χ0) is 14.0. The van der Waals surface area contributed by atoms with Gasteiger partial charge in [-0.2, -0.15) is 8.67 Å². The molecule has 0 spiro atoms. The number of benzene rings is 1. The molecule has 1 aromatic carbocycles. The topological polar surface area (TPSA) is 59.0 Å². The first-order chi connectivity index (χ1) is 8.96. The predicted octanol–water partition coefficient (Wildman–Crippen LogP) is 2.38. The van der Waals surface area contributed by atoms with Crippen molar-refractivity contribution in [3.05, 3.63) is 22.2 Å². The third kappa shape index (κ3) is 3.07. The number of halogens is 2. The van der Waals surface area contributed by atoms with Crippen molar-refractivity contribution in [1.82, 2.24) is 4.31 Å². The molecule has 2 rings (SSSR count). The quantitative estimate of drug-likeness (QED) is 0.847. The van der Waals surface area contributed by atoms with Gasteiger partial charge in [-0.3, -0.25) is 0 Å². The van der Waals surface area contributed by atoms with Crippen LogP contribution in [-0.2, 0) is 27.2 Å². The van der Waals surface area contributed by atoms with Crippen LogP contribution in [0.4, 0.5) is 5.69 Å². The normalized spacial score (nSPS) is 17.4. The van der Waals surface area contributed by atoms with Crippen LogP contribution in [0, 0.1) is 0 Å². The van der Waals surface area contributed by atoms with Crippen LogP contribution in [0.2, 0.25) is 10.0 Å². The average molecular weight is 341 g/mol. The molecule has 1 saturated heterocycles. The maximum absolute atomic E-state index is 12.5. The van der Waals surface area contributed by atoms with E-state index in [2.05, 4.69) is 16.8 Å². The number of hydrogen-bond donors (Lipinski definition) is 0. The highest BCUT2D eigenvalue weighted by molar-refractivity contribution is 7.89. The van der Waals surface area contributed by atoms with Gasteiger partial charge in [-0.15, -0.1) is 0 Å². The summed E-state index contributed by atoms with van der Waals surface area (Å²) in [4.78, 5) is -0.111. The van der Waals surface area contributed by atoms with Gasteiger partial charge in [0.2, 0.25) is 10.0 Å². The monoisotopic (exact) mass is 340 g/mol. The van der Waals surface area contributed by atoms with E-state index in [4.69, 9.17) is 27.9 Å². The summed E-state index contributed by atoms with van der Waals surface area (Å²) in [6.07, 6.45) is 0. The molecule has 0 radical (unpaired) electrons. The lowest BCUT2D eigenvalue weighted by molar-refractivity contribution is 0.0730. The van der Waals surface area contributed by atoms with Gasteiger partial charge in [-0.1, -0.05) is 23.2 Å². The fraction of sp³-hybridized carbons (Fsp3) is 0.400. The molecule has 0 N–H and O–H groups in total. The molecule has 1 aliphatic heterocycles. The molecule has 9 heteroatoms. The number of rotatable bonds is 3. The Bertz CT molecular complexity index is 578. The van der Waals surface area contributed by atoms with Crippen LogP contribution in [0.25, 0.3) is 0 Å². The van der Waals surface area contributed by atoms with Gasteiger partial charge >= 0.3 is 0 Å². The summed E-state index contributed by atoms with van der Waals surface area (Å²) in [5, 5.41) is 0.0326. The van der Waals surface area contributed by atoms with E-state index in [0.717, 1.165) is 0 Å². The van der Waals surface area contributed by atoms with Crippen molar-refractivity contribution in [3.8, 4) is 0 Å². The molecule has 5 nitrogen and oxygen atoms in total. The smallest absolute Gasteiger partial charge is 0.246 e. The Morgan fingerprint density at radius 2 is 1.74 bits per heavy atom. The highest BCUT2D eigenvalue weighted by Gasteiger charge is 2.30. The summed E-state index contributed by atoms with van der Waals surface area (Å²) in [5.74, 6) is 0. The molecular formula is C10H10Cl2N2O3S2. The zero-order valence-electron chi connectivity index (χ0n) is 9.67. The fourth-order valence-electron chi connectivity index (χ4n) is 1.76. The number of morpholine rings is 1. The summed E-state index contributed by atoms with van der Waals surface area (Å²) in [6.45, 7) is 1.27. The first kappa shape index (κ1) is 15.1. The van der Waals surface area contributed by atoms with E-state index in [-0.39, 0.29) is 28.0 Å². The lowest BCUT2D eigenvalue weighted by Crippen LogP contribution is -2.40. The molecule has 104 valence electrons. The van der Waals surface area contributed by atoms with Crippen molar-refractivity contribution in [2.75, 3.05) is 26.3 Å². The first-order valence-corrected chi connectivity index (χ1v) is 7.93. The second-order valence-electron chi connectivity index (χ2n) is 3.85. The molecule has 0 aromatic heterocycles. The van der Waals surface area contributed by atoms with E-state index in [0.29, 0.717) is 18.9 Å². The van der Waals surface area contributed by atoms with Crippen LogP contribution >= 0.6 is 23.2 Å². The Hall–Kier alpha value is -0.310. The second kappa shape index (κ2) is 5.99. The molecule has 0 aliphatic carbocycles. The minimum Gasteiger partial charge on any atom is -0.379 e. The molecule has 0 unspecified atom stereocenters. The van der Waals surface area contributed by atoms with Crippen LogP contribution < -0.4 is 0 Å². The summed E-state index contributed by atoms with van der Waals surface area (Å²) >= 11 is 16.5. The maximum Gasteiger partial charge on any atom is 0.246 e. The van der Waals surface area contributed by atoms with Crippen LogP contribution in [0.3, 0.4) is 0 Å². The molecule has 0 amide bonds. The maximum atomic E-state index is 12.5. The number of ether oxygens (including phenoxy) is 1. The summed E-state index contributed by atoms with van der Waals surface area (Å²) < 4.78 is 34.9. The lowest BCUT2D eigenvalue weighted by Gasteiger charge is -2.26. The third-order valence-corrected chi connectivity index (χ3v) is 5.69. The van der Waals surface area contributed by atoms with E-state index in [1.165, 1.54) is 16.4 Å². The van der Waals surface area contributed by atoms with Crippen LogP contribution in [0.15, 0.2) is 21.4 Å². The summed E-state index contributed by atoms with van der Waals surface area (Å²) in [6, 6.07) is 2.77. The molecule has 1 fully saturated rings. The molecule has 1 aromatic rings. The van der Waals surface area contributed by atoms with Crippen molar-refractivity contribution in [2.24, 2.45) is 4.36 Å². The van der Waals surface area contributed by atoms with Crippen molar-refractivity contribution < 1.29 is 13.2 Å². The highest BCUT2D eigenvalue weighted by Crippen LogP contribution is 2.35. The Morgan fingerprint density at radius 3 is 2.21 bits per heavy atom. The first-order valence-electron chi connectivity index (χ1n) is 5.37. The Labute approximate surface area is 126 Å². The van der Waals surface area contributed by atoms with Crippen molar-refractivity contribution >= 4 is 51.3 Å². The lowest BCUT2D eigenvalue weighted by atomic mass is 10.3. The van der Waals surface area contributed by atoms with E-state index in [1.807, 2.05) is 0 Å². The average Bonchev–Trinajstić information content (AvgIpc) is 2.38. The van der Waals surface area contributed by atoms with E-state index < -0.39 is 10.0 Å².